The molecule has 3 aliphatic rings. The molecule has 14 atom stereocenters. The number of ketones is 1. The third-order valence-corrected chi connectivity index (χ3v) is 12.3. The van der Waals surface area contributed by atoms with Gasteiger partial charge in [-0.3, -0.25) is 9.59 Å². The van der Waals surface area contributed by atoms with E-state index in [1.807, 2.05) is 45.9 Å². The largest absolute Gasteiger partial charge is 0.456 e. The van der Waals surface area contributed by atoms with Gasteiger partial charge in [-0.1, -0.05) is 52.8 Å². The van der Waals surface area contributed by atoms with Crippen LogP contribution in [0.3, 0.4) is 0 Å². The van der Waals surface area contributed by atoms with Crippen LogP contribution >= 0.6 is 0 Å². The summed E-state index contributed by atoms with van der Waals surface area (Å²) in [6, 6.07) is -1.08. The highest BCUT2D eigenvalue weighted by Gasteiger charge is 2.50. The Bertz CT molecular complexity index is 1410. The fraction of sp³-hybridized carbons (Fsp3) is 0.791. The first-order valence-electron chi connectivity index (χ1n) is 20.8. The van der Waals surface area contributed by atoms with Gasteiger partial charge in [0.15, 0.2) is 0 Å². The maximum atomic E-state index is 13.9. The van der Waals surface area contributed by atoms with Crippen molar-refractivity contribution in [2.45, 2.75) is 187 Å². The van der Waals surface area contributed by atoms with E-state index in [0.29, 0.717) is 43.3 Å². The number of esters is 1. The summed E-state index contributed by atoms with van der Waals surface area (Å²) in [7, 11) is 0. The summed E-state index contributed by atoms with van der Waals surface area (Å²) < 4.78 is 11.9. The number of carbonyl (C=O) groups is 3. The standard InChI is InChI=1S/C43H71NO12/c1-9-31-14-15-38(27(5)20-25(3)30(8)45)55-42(53)34-13-11-17-44(34)41(52)40(51)43(54)16-10-12-33(56-43)21-32(46)22-36(48)29(7)37(49)23-35(47)26(4)18-24(2)19-28(6)39(31)50/h14,18,20,24-25,28-30,32-39,45-50,54H,9-13,15-17,19,21-23H2,1-8H3/b26-18+,27-20+,31-14+. The molecule has 0 aliphatic carbocycles. The molecule has 2 bridgehead atoms. The van der Waals surface area contributed by atoms with Gasteiger partial charge in [0.05, 0.1) is 42.7 Å². The number of aliphatic hydroxyl groups is 7. The van der Waals surface area contributed by atoms with Crippen LogP contribution in [0.4, 0.5) is 0 Å². The molecule has 1 amide bonds. The molecule has 0 aromatic rings. The molecule has 13 heteroatoms. The van der Waals surface area contributed by atoms with E-state index in [1.54, 1.807) is 27.7 Å². The number of allylic oxidation sites excluding steroid dienone is 1. The molecule has 0 aromatic carbocycles. The van der Waals surface area contributed by atoms with Gasteiger partial charge in [-0.15, -0.1) is 0 Å². The smallest absolute Gasteiger partial charge is 0.329 e. The van der Waals surface area contributed by atoms with Crippen molar-refractivity contribution in [3.05, 3.63) is 34.9 Å². The summed E-state index contributed by atoms with van der Waals surface area (Å²) in [4.78, 5) is 42.3. The van der Waals surface area contributed by atoms with Crippen LogP contribution in [-0.2, 0) is 23.9 Å². The molecule has 13 nitrogen and oxygen atoms in total. The van der Waals surface area contributed by atoms with Gasteiger partial charge in [-0.2, -0.15) is 0 Å². The van der Waals surface area contributed by atoms with E-state index in [2.05, 4.69) is 0 Å². The fourth-order valence-electron chi connectivity index (χ4n) is 8.28. The van der Waals surface area contributed by atoms with Gasteiger partial charge in [0.1, 0.15) is 12.1 Å². The molecule has 3 rings (SSSR count). The molecule has 3 aliphatic heterocycles. The first kappa shape index (κ1) is 47.9. The van der Waals surface area contributed by atoms with Crippen LogP contribution in [0.15, 0.2) is 34.9 Å². The minimum absolute atomic E-state index is 0.0326. The molecular formula is C43H71NO12. The maximum Gasteiger partial charge on any atom is 0.329 e. The number of Topliss-reactive ketones (excluding diaryl/α,β-unsaturated/α-hetero) is 1. The summed E-state index contributed by atoms with van der Waals surface area (Å²) in [6.07, 6.45) is 0.520. The minimum atomic E-state index is -2.47. The van der Waals surface area contributed by atoms with Gasteiger partial charge >= 0.3 is 5.97 Å². The first-order chi connectivity index (χ1) is 26.2. The number of amides is 1. The fourth-order valence-corrected chi connectivity index (χ4v) is 8.28. The monoisotopic (exact) mass is 793 g/mol. The number of hydrogen-bond acceptors (Lipinski definition) is 12. The number of rotatable bonds is 4. The first-order valence-corrected chi connectivity index (χ1v) is 20.8. The van der Waals surface area contributed by atoms with E-state index in [0.717, 1.165) is 10.5 Å². The van der Waals surface area contributed by atoms with Gasteiger partial charge in [0, 0.05) is 37.6 Å². The van der Waals surface area contributed by atoms with Crippen LogP contribution in [0.1, 0.15) is 126 Å². The topological polar surface area (TPSA) is 215 Å². The molecule has 14 unspecified atom stereocenters. The molecule has 0 saturated carbocycles. The third-order valence-electron chi connectivity index (χ3n) is 12.3. The van der Waals surface area contributed by atoms with Crippen LogP contribution in [0.25, 0.3) is 0 Å². The quantitative estimate of drug-likeness (QED) is 0.124. The molecule has 56 heavy (non-hydrogen) atoms. The second kappa shape index (κ2) is 21.5. The van der Waals surface area contributed by atoms with Crippen molar-refractivity contribution in [1.82, 2.24) is 4.90 Å². The number of fused-ring (bicyclic) bond motifs is 3. The molecule has 0 radical (unpaired) electrons. The molecule has 7 N–H and O–H groups in total. The highest BCUT2D eigenvalue weighted by atomic mass is 16.6. The number of carbonyl (C=O) groups excluding carboxylic acids is 3. The van der Waals surface area contributed by atoms with Crippen LogP contribution in [-0.4, -0.2) is 126 Å². The molecule has 3 heterocycles. The zero-order valence-corrected chi connectivity index (χ0v) is 34.8. The number of hydrogen-bond donors (Lipinski definition) is 7. The highest BCUT2D eigenvalue weighted by Crippen LogP contribution is 2.33. The average Bonchev–Trinajstić information content (AvgIpc) is 3.63. The van der Waals surface area contributed by atoms with E-state index >= 15 is 0 Å². The summed E-state index contributed by atoms with van der Waals surface area (Å²) in [5, 5.41) is 76.8. The molecule has 2 saturated heterocycles. The predicted octanol–water partition coefficient (Wildman–Crippen LogP) is 3.64. The van der Waals surface area contributed by atoms with Crippen molar-refractivity contribution in [3.8, 4) is 0 Å². The lowest BCUT2D eigenvalue weighted by atomic mass is 9.85. The maximum absolute atomic E-state index is 13.9. The van der Waals surface area contributed by atoms with Crippen molar-refractivity contribution >= 4 is 17.7 Å². The predicted molar refractivity (Wildman–Crippen MR) is 211 cm³/mol. The van der Waals surface area contributed by atoms with Crippen LogP contribution < -0.4 is 0 Å². The molecule has 0 aromatic heterocycles. The average molecular weight is 794 g/mol. The van der Waals surface area contributed by atoms with Gasteiger partial charge in [0.2, 0.25) is 5.79 Å². The Morgan fingerprint density at radius 1 is 0.982 bits per heavy atom. The Kier molecular flexibility index (Phi) is 18.4. The Morgan fingerprint density at radius 3 is 2.29 bits per heavy atom. The Morgan fingerprint density at radius 2 is 1.64 bits per heavy atom. The Hall–Kier alpha value is -2.49. The van der Waals surface area contributed by atoms with Crippen molar-refractivity contribution < 1.29 is 59.6 Å². The summed E-state index contributed by atoms with van der Waals surface area (Å²) in [6.45, 7) is 14.7. The van der Waals surface area contributed by atoms with Crippen molar-refractivity contribution in [1.29, 1.82) is 0 Å². The van der Waals surface area contributed by atoms with E-state index in [1.165, 1.54) is 0 Å². The number of nitrogens with zero attached hydrogens (tertiary/aromatic N) is 1. The SMILES string of the molecule is CC/C1=C\CC(/C(C)=C/C(C)C(C)O)OC(=O)C2CCCN2C(=O)C(=O)C2(O)CCCC(CC(O)CC(O)C(C)C(O)CC(O)/C(C)=C/C(C)CC(C)C1O)O2. The van der Waals surface area contributed by atoms with E-state index in [-0.39, 0.29) is 62.8 Å². The normalized spacial score (nSPS) is 40.3. The van der Waals surface area contributed by atoms with Gasteiger partial charge in [-0.25, -0.2) is 4.79 Å². The van der Waals surface area contributed by atoms with E-state index < -0.39 is 84.2 Å². The number of aliphatic hydroxyl groups excluding tert-OH is 6. The number of ether oxygens (including phenoxy) is 2. The van der Waals surface area contributed by atoms with Crippen LogP contribution in [0.2, 0.25) is 0 Å². The molecular weight excluding hydrogens is 722 g/mol. The third kappa shape index (κ3) is 13.0. The Labute approximate surface area is 333 Å². The van der Waals surface area contributed by atoms with Crippen molar-refractivity contribution in [3.63, 3.8) is 0 Å². The second-order valence-electron chi connectivity index (χ2n) is 17.1. The lowest BCUT2D eigenvalue weighted by Crippen LogP contribution is -2.56. The van der Waals surface area contributed by atoms with Gasteiger partial charge in [0.25, 0.3) is 11.7 Å². The lowest BCUT2D eigenvalue weighted by molar-refractivity contribution is -0.245. The van der Waals surface area contributed by atoms with Crippen LogP contribution in [0, 0.1) is 23.7 Å². The van der Waals surface area contributed by atoms with Crippen molar-refractivity contribution in [2.75, 3.05) is 6.54 Å². The van der Waals surface area contributed by atoms with Crippen molar-refractivity contribution in [2.24, 2.45) is 23.7 Å². The van der Waals surface area contributed by atoms with E-state index in [9.17, 15) is 50.1 Å². The molecule has 320 valence electrons. The van der Waals surface area contributed by atoms with Crippen LogP contribution in [0.5, 0.6) is 0 Å². The zero-order valence-electron chi connectivity index (χ0n) is 34.8. The summed E-state index contributed by atoms with van der Waals surface area (Å²) in [5.74, 6) is -6.64. The second-order valence-corrected chi connectivity index (χ2v) is 17.1. The molecule has 0 spiro atoms. The zero-order chi connectivity index (χ0) is 42.1. The highest BCUT2D eigenvalue weighted by molar-refractivity contribution is 6.39. The number of cyclic esters (lactones) is 1. The van der Waals surface area contributed by atoms with Gasteiger partial charge < -0.3 is 50.1 Å². The summed E-state index contributed by atoms with van der Waals surface area (Å²) in [5.41, 5.74) is 2.08. The lowest BCUT2D eigenvalue weighted by Gasteiger charge is -2.37. The van der Waals surface area contributed by atoms with Gasteiger partial charge in [-0.05, 0) is 101 Å². The molecule has 2 fully saturated rings. The van der Waals surface area contributed by atoms with E-state index in [4.69, 9.17) is 9.47 Å². The Balaban J connectivity index is 1.99. The summed E-state index contributed by atoms with van der Waals surface area (Å²) >= 11 is 0. The minimum Gasteiger partial charge on any atom is -0.456 e.